The van der Waals surface area contributed by atoms with Crippen LogP contribution in [-0.2, 0) is 0 Å². The molecule has 0 aliphatic carbocycles. The number of ether oxygens (including phenoxy) is 1. The van der Waals surface area contributed by atoms with E-state index in [1.807, 2.05) is 32.9 Å². The highest BCUT2D eigenvalue weighted by molar-refractivity contribution is 5.50. The number of nitrogens with two attached hydrogens (primary N) is 1. The molecule has 2 aromatic rings. The van der Waals surface area contributed by atoms with Gasteiger partial charge in [-0.15, -0.1) is 0 Å². The number of aryl methyl sites for hydroxylation is 2. The predicted molar refractivity (Wildman–Crippen MR) is 79.4 cm³/mol. The molecule has 0 saturated heterocycles. The van der Waals surface area contributed by atoms with Gasteiger partial charge in [-0.05, 0) is 43.5 Å². The predicted octanol–water partition coefficient (Wildman–Crippen LogP) is 2.99. The van der Waals surface area contributed by atoms with Crippen molar-refractivity contribution in [3.8, 4) is 11.6 Å². The van der Waals surface area contributed by atoms with Gasteiger partial charge in [-0.1, -0.05) is 6.07 Å². The van der Waals surface area contributed by atoms with Crippen molar-refractivity contribution < 1.29 is 9.66 Å². The number of nitrogens with one attached hydrogen (secondary N) is 1. The molecule has 7 heteroatoms. The average molecular weight is 288 g/mol. The summed E-state index contributed by atoms with van der Waals surface area (Å²) >= 11 is 0. The lowest BCUT2D eigenvalue weighted by molar-refractivity contribution is -0.384. The molecular weight excluding hydrogens is 272 g/mol. The Morgan fingerprint density at radius 1 is 1.24 bits per heavy atom. The molecule has 0 unspecified atom stereocenters. The van der Waals surface area contributed by atoms with Crippen molar-refractivity contribution in [2.45, 2.75) is 20.8 Å². The van der Waals surface area contributed by atoms with Crippen molar-refractivity contribution in [3.05, 3.63) is 51.1 Å². The topological polar surface area (TPSA) is 103 Å². The van der Waals surface area contributed by atoms with Crippen molar-refractivity contribution in [1.82, 2.24) is 4.98 Å². The number of anilines is 1. The van der Waals surface area contributed by atoms with Crippen molar-refractivity contribution in [3.63, 3.8) is 0 Å². The lowest BCUT2D eigenvalue weighted by Crippen LogP contribution is -2.09. The molecule has 2 rings (SSSR count). The Labute approximate surface area is 121 Å². The first-order chi connectivity index (χ1) is 9.90. The molecule has 0 fully saturated rings. The van der Waals surface area contributed by atoms with Crippen molar-refractivity contribution in [2.75, 3.05) is 5.43 Å². The zero-order valence-corrected chi connectivity index (χ0v) is 12.0. The zero-order valence-electron chi connectivity index (χ0n) is 12.0. The molecule has 110 valence electrons. The summed E-state index contributed by atoms with van der Waals surface area (Å²) in [7, 11) is 0. The SMILES string of the molecule is Cc1cc(C)c(C)c(Oc2cc([N+](=O)[O-])cc(NN)n2)c1. The average Bonchev–Trinajstić information content (AvgIpc) is 2.43. The van der Waals surface area contributed by atoms with Gasteiger partial charge in [-0.25, -0.2) is 5.84 Å². The van der Waals surface area contributed by atoms with Crippen LogP contribution in [0.1, 0.15) is 16.7 Å². The van der Waals surface area contributed by atoms with E-state index in [4.69, 9.17) is 10.6 Å². The number of hydrazine groups is 1. The van der Waals surface area contributed by atoms with Crippen LogP contribution in [0.2, 0.25) is 0 Å². The van der Waals surface area contributed by atoms with Crippen molar-refractivity contribution in [2.24, 2.45) is 5.84 Å². The van der Waals surface area contributed by atoms with Gasteiger partial charge in [0.05, 0.1) is 17.1 Å². The van der Waals surface area contributed by atoms with Gasteiger partial charge < -0.3 is 10.2 Å². The van der Waals surface area contributed by atoms with Crippen LogP contribution in [0.3, 0.4) is 0 Å². The van der Waals surface area contributed by atoms with E-state index in [0.29, 0.717) is 5.75 Å². The number of hydrogen-bond acceptors (Lipinski definition) is 6. The highest BCUT2D eigenvalue weighted by atomic mass is 16.6. The van der Waals surface area contributed by atoms with Crippen LogP contribution < -0.4 is 16.0 Å². The lowest BCUT2D eigenvalue weighted by Gasteiger charge is -2.12. The van der Waals surface area contributed by atoms with Crippen LogP contribution >= 0.6 is 0 Å². The molecule has 1 heterocycles. The van der Waals surface area contributed by atoms with Crippen LogP contribution in [0.15, 0.2) is 24.3 Å². The molecule has 0 atom stereocenters. The number of aromatic nitrogens is 1. The third-order valence-electron chi connectivity index (χ3n) is 3.12. The second-order valence-electron chi connectivity index (χ2n) is 4.76. The Morgan fingerprint density at radius 2 is 1.95 bits per heavy atom. The van der Waals surface area contributed by atoms with E-state index < -0.39 is 4.92 Å². The highest BCUT2D eigenvalue weighted by Crippen LogP contribution is 2.30. The fraction of sp³-hybridized carbons (Fsp3) is 0.214. The second kappa shape index (κ2) is 5.76. The molecule has 1 aromatic heterocycles. The Hall–Kier alpha value is -2.67. The molecule has 7 nitrogen and oxygen atoms in total. The van der Waals surface area contributed by atoms with E-state index in [9.17, 15) is 10.1 Å². The van der Waals surface area contributed by atoms with Crippen LogP contribution in [0.5, 0.6) is 11.6 Å². The summed E-state index contributed by atoms with van der Waals surface area (Å²) in [6.45, 7) is 5.85. The fourth-order valence-corrected chi connectivity index (χ4v) is 1.94. The Kier molecular flexibility index (Phi) is 4.04. The van der Waals surface area contributed by atoms with Gasteiger partial charge >= 0.3 is 0 Å². The standard InChI is InChI=1S/C14H16N4O3/c1-8-4-9(2)10(3)12(5-8)21-14-7-11(18(19)20)6-13(16-14)17-15/h4-7H,15H2,1-3H3,(H,16,17). The quantitative estimate of drug-likeness (QED) is 0.509. The maximum atomic E-state index is 10.9. The lowest BCUT2D eigenvalue weighted by atomic mass is 10.1. The first-order valence-electron chi connectivity index (χ1n) is 6.29. The molecule has 1 aromatic carbocycles. The molecule has 0 spiro atoms. The normalized spacial score (nSPS) is 10.3. The molecular formula is C14H16N4O3. The first-order valence-corrected chi connectivity index (χ1v) is 6.29. The second-order valence-corrected chi connectivity index (χ2v) is 4.76. The minimum absolute atomic E-state index is 0.116. The molecule has 0 saturated carbocycles. The largest absolute Gasteiger partial charge is 0.438 e. The van der Waals surface area contributed by atoms with E-state index in [0.717, 1.165) is 16.7 Å². The zero-order chi connectivity index (χ0) is 15.6. The first kappa shape index (κ1) is 14.7. The van der Waals surface area contributed by atoms with Crippen molar-refractivity contribution in [1.29, 1.82) is 0 Å². The summed E-state index contributed by atoms with van der Waals surface area (Å²) in [6.07, 6.45) is 0. The maximum absolute atomic E-state index is 10.9. The van der Waals surface area contributed by atoms with Gasteiger partial charge in [0.15, 0.2) is 5.82 Å². The molecule has 0 aliphatic rings. The minimum Gasteiger partial charge on any atom is -0.438 e. The number of nitrogens with zero attached hydrogens (tertiary/aromatic N) is 2. The fourth-order valence-electron chi connectivity index (χ4n) is 1.94. The molecule has 0 aliphatic heterocycles. The van der Waals surface area contributed by atoms with E-state index >= 15 is 0 Å². The van der Waals surface area contributed by atoms with E-state index in [1.165, 1.54) is 12.1 Å². The molecule has 3 N–H and O–H groups in total. The van der Waals surface area contributed by atoms with Gasteiger partial charge in [0, 0.05) is 0 Å². The van der Waals surface area contributed by atoms with E-state index in [-0.39, 0.29) is 17.4 Å². The highest BCUT2D eigenvalue weighted by Gasteiger charge is 2.13. The summed E-state index contributed by atoms with van der Waals surface area (Å²) in [4.78, 5) is 14.4. The number of rotatable bonds is 4. The van der Waals surface area contributed by atoms with Crippen LogP contribution in [0, 0.1) is 30.9 Å². The number of nitro groups is 1. The Morgan fingerprint density at radius 3 is 2.57 bits per heavy atom. The smallest absolute Gasteiger partial charge is 0.278 e. The van der Waals surface area contributed by atoms with Gasteiger partial charge in [0.1, 0.15) is 5.75 Å². The van der Waals surface area contributed by atoms with E-state index in [2.05, 4.69) is 10.4 Å². The van der Waals surface area contributed by atoms with Gasteiger partial charge in [0.25, 0.3) is 5.69 Å². The Balaban J connectivity index is 2.44. The van der Waals surface area contributed by atoms with Crippen LogP contribution in [-0.4, -0.2) is 9.91 Å². The summed E-state index contributed by atoms with van der Waals surface area (Å²) in [6, 6.07) is 6.40. The molecule has 0 amide bonds. The van der Waals surface area contributed by atoms with Crippen molar-refractivity contribution >= 4 is 11.5 Å². The number of pyridine rings is 1. The van der Waals surface area contributed by atoms with Crippen LogP contribution in [0.25, 0.3) is 0 Å². The van der Waals surface area contributed by atoms with Crippen LogP contribution in [0.4, 0.5) is 11.5 Å². The third-order valence-corrected chi connectivity index (χ3v) is 3.12. The summed E-state index contributed by atoms with van der Waals surface area (Å²) < 4.78 is 5.69. The number of nitrogen functional groups attached to an aromatic ring is 1. The summed E-state index contributed by atoms with van der Waals surface area (Å²) in [5, 5.41) is 10.9. The van der Waals surface area contributed by atoms with Gasteiger partial charge in [0.2, 0.25) is 5.88 Å². The monoisotopic (exact) mass is 288 g/mol. The summed E-state index contributed by atoms with van der Waals surface area (Å²) in [5.74, 6) is 6.17. The molecule has 21 heavy (non-hydrogen) atoms. The van der Waals surface area contributed by atoms with E-state index in [1.54, 1.807) is 0 Å². The van der Waals surface area contributed by atoms with Gasteiger partial charge in [-0.3, -0.25) is 10.1 Å². The molecule has 0 radical (unpaired) electrons. The summed E-state index contributed by atoms with van der Waals surface area (Å²) in [5.41, 5.74) is 5.22. The number of hydrogen-bond donors (Lipinski definition) is 2. The number of benzene rings is 1. The third kappa shape index (κ3) is 3.26. The Bertz CT molecular complexity index is 701. The van der Waals surface area contributed by atoms with Gasteiger partial charge in [-0.2, -0.15) is 4.98 Å². The minimum atomic E-state index is -0.524. The molecule has 0 bridgehead atoms. The maximum Gasteiger partial charge on any atom is 0.278 e.